The first-order valence-corrected chi connectivity index (χ1v) is 5.61. The van der Waals surface area contributed by atoms with Gasteiger partial charge in [-0.05, 0) is 25.1 Å². The van der Waals surface area contributed by atoms with E-state index in [1.807, 2.05) is 0 Å². The van der Waals surface area contributed by atoms with Crippen molar-refractivity contribution in [2.75, 3.05) is 23.8 Å². The third-order valence-corrected chi connectivity index (χ3v) is 2.48. The molecular weight excluding hydrogens is 252 g/mol. The topological polar surface area (TPSA) is 98.9 Å². The number of hydrogen-bond donors (Lipinski definition) is 1. The zero-order valence-corrected chi connectivity index (χ0v) is 10.2. The van der Waals surface area contributed by atoms with Gasteiger partial charge in [0.15, 0.2) is 6.61 Å². The molecule has 0 saturated heterocycles. The molecule has 0 unspecified atom stereocenters. The van der Waals surface area contributed by atoms with Crippen molar-refractivity contribution < 1.29 is 23.9 Å². The monoisotopic (exact) mass is 264 g/mol. The standard InChI is InChI=1S/C12H12N2O5/c1-2-18-12(17)11(16)14-8-5-7(13)3-4-9(8)19-6-10(14)15/h3-5H,2,6,13H2,1H3. The summed E-state index contributed by atoms with van der Waals surface area (Å²) in [5.74, 6) is -2.48. The molecule has 0 radical (unpaired) electrons. The molecule has 1 heterocycles. The van der Waals surface area contributed by atoms with Gasteiger partial charge in [-0.1, -0.05) is 0 Å². The molecule has 100 valence electrons. The molecule has 1 aliphatic heterocycles. The number of nitrogen functional groups attached to an aromatic ring is 1. The van der Waals surface area contributed by atoms with E-state index in [4.69, 9.17) is 10.5 Å². The molecule has 7 nitrogen and oxygen atoms in total. The Kier molecular flexibility index (Phi) is 3.37. The minimum Gasteiger partial charge on any atom is -0.482 e. The van der Waals surface area contributed by atoms with Crippen LogP contribution in [0.1, 0.15) is 6.92 Å². The van der Waals surface area contributed by atoms with E-state index in [1.54, 1.807) is 13.0 Å². The smallest absolute Gasteiger partial charge is 0.397 e. The number of rotatable bonds is 1. The summed E-state index contributed by atoms with van der Waals surface area (Å²) < 4.78 is 9.76. The highest BCUT2D eigenvalue weighted by atomic mass is 16.5. The number of amides is 2. The number of esters is 1. The molecule has 7 heteroatoms. The number of nitrogens with two attached hydrogens (primary N) is 1. The van der Waals surface area contributed by atoms with Crippen molar-refractivity contribution in [2.45, 2.75) is 6.92 Å². The van der Waals surface area contributed by atoms with Crippen molar-refractivity contribution in [1.82, 2.24) is 0 Å². The fourth-order valence-corrected chi connectivity index (χ4v) is 1.68. The summed E-state index contributed by atoms with van der Waals surface area (Å²) in [5, 5.41) is 0. The summed E-state index contributed by atoms with van der Waals surface area (Å²) in [4.78, 5) is 35.8. The predicted molar refractivity (Wildman–Crippen MR) is 65.5 cm³/mol. The Morgan fingerprint density at radius 1 is 1.47 bits per heavy atom. The van der Waals surface area contributed by atoms with E-state index in [2.05, 4.69) is 4.74 Å². The highest BCUT2D eigenvalue weighted by Crippen LogP contribution is 2.33. The first-order chi connectivity index (χ1) is 9.04. The van der Waals surface area contributed by atoms with Gasteiger partial charge in [-0.25, -0.2) is 9.69 Å². The summed E-state index contributed by atoms with van der Waals surface area (Å²) >= 11 is 0. The first-order valence-electron chi connectivity index (χ1n) is 5.61. The fraction of sp³-hybridized carbons (Fsp3) is 0.250. The number of ether oxygens (including phenoxy) is 2. The third kappa shape index (κ3) is 2.35. The Bertz CT molecular complexity index is 555. The van der Waals surface area contributed by atoms with E-state index >= 15 is 0 Å². The quantitative estimate of drug-likeness (QED) is 0.438. The number of carbonyl (C=O) groups is 3. The van der Waals surface area contributed by atoms with Crippen molar-refractivity contribution in [3.63, 3.8) is 0 Å². The van der Waals surface area contributed by atoms with Crippen molar-refractivity contribution >= 4 is 29.2 Å². The second kappa shape index (κ2) is 4.97. The number of anilines is 2. The van der Waals surface area contributed by atoms with Gasteiger partial charge >= 0.3 is 11.9 Å². The lowest BCUT2D eigenvalue weighted by Crippen LogP contribution is -2.46. The molecular formula is C12H12N2O5. The number of carbonyl (C=O) groups excluding carboxylic acids is 3. The number of fused-ring (bicyclic) bond motifs is 1. The Balaban J connectivity index is 2.40. The average molecular weight is 264 g/mol. The SMILES string of the molecule is CCOC(=O)C(=O)N1C(=O)COc2ccc(N)cc21. The van der Waals surface area contributed by atoms with Gasteiger partial charge in [0.1, 0.15) is 5.75 Å². The van der Waals surface area contributed by atoms with Gasteiger partial charge in [0.05, 0.1) is 12.3 Å². The van der Waals surface area contributed by atoms with Crippen LogP contribution < -0.4 is 15.4 Å². The maximum atomic E-state index is 11.9. The maximum Gasteiger partial charge on any atom is 0.397 e. The Labute approximate surface area is 108 Å². The van der Waals surface area contributed by atoms with Crippen molar-refractivity contribution in [3.8, 4) is 5.75 Å². The van der Waals surface area contributed by atoms with E-state index in [0.717, 1.165) is 4.90 Å². The van der Waals surface area contributed by atoms with Crippen molar-refractivity contribution in [3.05, 3.63) is 18.2 Å². The van der Waals surface area contributed by atoms with Crippen LogP contribution in [0.4, 0.5) is 11.4 Å². The Morgan fingerprint density at radius 2 is 2.21 bits per heavy atom. The molecule has 0 saturated carbocycles. The molecule has 19 heavy (non-hydrogen) atoms. The summed E-state index contributed by atoms with van der Waals surface area (Å²) in [6, 6.07) is 4.49. The van der Waals surface area contributed by atoms with Crippen LogP contribution in [0.2, 0.25) is 0 Å². The number of hydrogen-bond acceptors (Lipinski definition) is 6. The zero-order chi connectivity index (χ0) is 14.0. The van der Waals surface area contributed by atoms with E-state index < -0.39 is 17.8 Å². The highest BCUT2D eigenvalue weighted by Gasteiger charge is 2.35. The molecule has 0 aromatic heterocycles. The van der Waals surface area contributed by atoms with Crippen molar-refractivity contribution in [2.24, 2.45) is 0 Å². The fourth-order valence-electron chi connectivity index (χ4n) is 1.68. The van der Waals surface area contributed by atoms with Crippen LogP contribution in [0.25, 0.3) is 0 Å². The molecule has 1 aromatic carbocycles. The molecule has 2 N–H and O–H groups in total. The average Bonchev–Trinajstić information content (AvgIpc) is 2.38. The number of imide groups is 1. The van der Waals surface area contributed by atoms with Crippen LogP contribution in [0.15, 0.2) is 18.2 Å². The van der Waals surface area contributed by atoms with Gasteiger partial charge in [-0.3, -0.25) is 9.59 Å². The lowest BCUT2D eigenvalue weighted by molar-refractivity contribution is -0.154. The van der Waals surface area contributed by atoms with Gasteiger partial charge in [0, 0.05) is 5.69 Å². The summed E-state index contributed by atoms with van der Waals surface area (Å²) in [6.07, 6.45) is 0. The first kappa shape index (κ1) is 12.9. The van der Waals surface area contributed by atoms with Crippen LogP contribution in [0, 0.1) is 0 Å². The van der Waals surface area contributed by atoms with Gasteiger partial charge < -0.3 is 15.2 Å². The van der Waals surface area contributed by atoms with Gasteiger partial charge in [-0.15, -0.1) is 0 Å². The van der Waals surface area contributed by atoms with Gasteiger partial charge in [-0.2, -0.15) is 0 Å². The lowest BCUT2D eigenvalue weighted by Gasteiger charge is -2.27. The predicted octanol–water partition coefficient (Wildman–Crippen LogP) is 0.0839. The normalized spacial score (nSPS) is 13.5. The van der Waals surface area contributed by atoms with Crippen LogP contribution in [0.3, 0.4) is 0 Å². The minimum absolute atomic E-state index is 0.0485. The molecule has 2 rings (SSSR count). The van der Waals surface area contributed by atoms with Gasteiger partial charge in [0.2, 0.25) is 0 Å². The Hall–Kier alpha value is -2.57. The van der Waals surface area contributed by atoms with Crippen LogP contribution in [-0.4, -0.2) is 31.0 Å². The molecule has 0 aliphatic carbocycles. The highest BCUT2D eigenvalue weighted by molar-refractivity contribution is 6.44. The molecule has 0 spiro atoms. The molecule has 2 amide bonds. The van der Waals surface area contributed by atoms with E-state index in [9.17, 15) is 14.4 Å². The van der Waals surface area contributed by atoms with Crippen molar-refractivity contribution in [1.29, 1.82) is 0 Å². The van der Waals surface area contributed by atoms with E-state index in [-0.39, 0.29) is 18.9 Å². The van der Waals surface area contributed by atoms with Crippen LogP contribution >= 0.6 is 0 Å². The summed E-state index contributed by atoms with van der Waals surface area (Å²) in [7, 11) is 0. The summed E-state index contributed by atoms with van der Waals surface area (Å²) in [5.41, 5.74) is 6.10. The lowest BCUT2D eigenvalue weighted by atomic mass is 10.2. The summed E-state index contributed by atoms with van der Waals surface area (Å²) in [6.45, 7) is 1.30. The molecule has 0 atom stereocenters. The van der Waals surface area contributed by atoms with E-state index in [0.29, 0.717) is 11.4 Å². The minimum atomic E-state index is -1.09. The van der Waals surface area contributed by atoms with Crippen LogP contribution in [-0.2, 0) is 19.1 Å². The van der Waals surface area contributed by atoms with Crippen LogP contribution in [0.5, 0.6) is 5.75 Å². The largest absolute Gasteiger partial charge is 0.482 e. The molecule has 0 fully saturated rings. The number of benzene rings is 1. The molecule has 0 bridgehead atoms. The number of nitrogens with zero attached hydrogens (tertiary/aromatic N) is 1. The molecule has 1 aliphatic rings. The third-order valence-electron chi connectivity index (χ3n) is 2.48. The Morgan fingerprint density at radius 3 is 2.89 bits per heavy atom. The second-order valence-corrected chi connectivity index (χ2v) is 3.77. The maximum absolute atomic E-state index is 11.9. The van der Waals surface area contributed by atoms with E-state index in [1.165, 1.54) is 12.1 Å². The molecule has 1 aromatic rings. The zero-order valence-electron chi connectivity index (χ0n) is 10.2. The van der Waals surface area contributed by atoms with Gasteiger partial charge in [0.25, 0.3) is 5.91 Å². The second-order valence-electron chi connectivity index (χ2n) is 3.77.